The van der Waals surface area contributed by atoms with Gasteiger partial charge in [-0.1, -0.05) is 11.6 Å². The van der Waals surface area contributed by atoms with Crippen LogP contribution in [0.4, 0.5) is 0 Å². The summed E-state index contributed by atoms with van der Waals surface area (Å²) in [5.74, 6) is 0.894. The van der Waals surface area contributed by atoms with Gasteiger partial charge in [0.15, 0.2) is 0 Å². The van der Waals surface area contributed by atoms with Gasteiger partial charge in [-0.25, -0.2) is 0 Å². The molecule has 0 aromatic heterocycles. The molecule has 0 amide bonds. The van der Waals surface area contributed by atoms with Gasteiger partial charge in [0.25, 0.3) is 0 Å². The first-order valence-corrected chi connectivity index (χ1v) is 5.90. The fraction of sp³-hybridized carbons (Fsp3) is 0.400. The average molecular weight is 215 g/mol. The van der Waals surface area contributed by atoms with Crippen molar-refractivity contribution in [2.45, 2.75) is 23.8 Å². The number of hydrogen-bond acceptors (Lipinski definition) is 2. The summed E-state index contributed by atoms with van der Waals surface area (Å²) in [7, 11) is 0. The van der Waals surface area contributed by atoms with Crippen LogP contribution in [0.25, 0.3) is 0 Å². The molecule has 70 valence electrons. The smallest absolute Gasteiger partial charge is 0.121 e. The standard InChI is InChI=1S/C10H11ClOS/c1-13-10-5-4-8(6-9(10)11)12-7-2-3-7/h4-7H,2-3H2,1H3. The van der Waals surface area contributed by atoms with Crippen molar-refractivity contribution >= 4 is 23.4 Å². The van der Waals surface area contributed by atoms with Crippen molar-refractivity contribution in [1.29, 1.82) is 0 Å². The van der Waals surface area contributed by atoms with E-state index in [1.54, 1.807) is 11.8 Å². The zero-order valence-electron chi connectivity index (χ0n) is 7.42. The molecule has 0 aliphatic heterocycles. The highest BCUT2D eigenvalue weighted by atomic mass is 35.5. The molecule has 0 heterocycles. The number of halogens is 1. The number of hydrogen-bond donors (Lipinski definition) is 0. The molecule has 13 heavy (non-hydrogen) atoms. The highest BCUT2D eigenvalue weighted by Gasteiger charge is 2.23. The zero-order valence-corrected chi connectivity index (χ0v) is 8.99. The van der Waals surface area contributed by atoms with Crippen LogP contribution >= 0.6 is 23.4 Å². The predicted molar refractivity (Wildman–Crippen MR) is 56.9 cm³/mol. The largest absolute Gasteiger partial charge is 0.490 e. The van der Waals surface area contributed by atoms with Crippen molar-refractivity contribution < 1.29 is 4.74 Å². The van der Waals surface area contributed by atoms with Crippen LogP contribution in [0.5, 0.6) is 5.75 Å². The normalized spacial score (nSPS) is 15.8. The lowest BCUT2D eigenvalue weighted by Crippen LogP contribution is -1.95. The average Bonchev–Trinajstić information content (AvgIpc) is 2.89. The van der Waals surface area contributed by atoms with Crippen LogP contribution in [0.15, 0.2) is 23.1 Å². The van der Waals surface area contributed by atoms with Gasteiger partial charge < -0.3 is 4.74 Å². The molecule has 1 fully saturated rings. The SMILES string of the molecule is CSc1ccc(OC2CC2)cc1Cl. The third kappa shape index (κ3) is 2.32. The van der Waals surface area contributed by atoms with Gasteiger partial charge in [-0.3, -0.25) is 0 Å². The van der Waals surface area contributed by atoms with Crippen molar-refractivity contribution in [2.75, 3.05) is 6.26 Å². The maximum absolute atomic E-state index is 6.03. The van der Waals surface area contributed by atoms with Crippen LogP contribution in [0.2, 0.25) is 5.02 Å². The van der Waals surface area contributed by atoms with E-state index >= 15 is 0 Å². The second-order valence-electron chi connectivity index (χ2n) is 3.11. The second-order valence-corrected chi connectivity index (χ2v) is 4.37. The molecule has 0 unspecified atom stereocenters. The van der Waals surface area contributed by atoms with Crippen LogP contribution in [0.3, 0.4) is 0 Å². The van der Waals surface area contributed by atoms with E-state index in [1.165, 1.54) is 12.8 Å². The molecule has 3 heteroatoms. The van der Waals surface area contributed by atoms with Gasteiger partial charge in [-0.05, 0) is 37.3 Å². The van der Waals surface area contributed by atoms with Gasteiger partial charge in [0.05, 0.1) is 11.1 Å². The van der Waals surface area contributed by atoms with Crippen molar-refractivity contribution in [3.05, 3.63) is 23.2 Å². The minimum atomic E-state index is 0.441. The van der Waals surface area contributed by atoms with Gasteiger partial charge in [-0.2, -0.15) is 0 Å². The Hall–Kier alpha value is -0.340. The highest BCUT2D eigenvalue weighted by Crippen LogP contribution is 2.32. The van der Waals surface area contributed by atoms with Crippen molar-refractivity contribution in [2.24, 2.45) is 0 Å². The Labute approximate surface area is 87.4 Å². The molecular formula is C10H11ClOS. The molecule has 1 aromatic carbocycles. The van der Waals surface area contributed by atoms with Gasteiger partial charge >= 0.3 is 0 Å². The van der Waals surface area contributed by atoms with E-state index in [0.29, 0.717) is 6.10 Å². The first-order chi connectivity index (χ1) is 6.29. The van der Waals surface area contributed by atoms with Crippen LogP contribution in [0.1, 0.15) is 12.8 Å². The quantitative estimate of drug-likeness (QED) is 0.711. The Kier molecular flexibility index (Phi) is 2.70. The minimum absolute atomic E-state index is 0.441. The van der Waals surface area contributed by atoms with Gasteiger partial charge in [0.2, 0.25) is 0 Å². The molecule has 1 saturated carbocycles. The molecule has 0 N–H and O–H groups in total. The minimum Gasteiger partial charge on any atom is -0.490 e. The third-order valence-electron chi connectivity index (χ3n) is 1.95. The Bertz CT molecular complexity index is 310. The Morgan fingerprint density at radius 3 is 2.77 bits per heavy atom. The Morgan fingerprint density at radius 1 is 1.46 bits per heavy atom. The number of benzene rings is 1. The van der Waals surface area contributed by atoms with E-state index in [-0.39, 0.29) is 0 Å². The molecule has 2 rings (SSSR count). The molecule has 0 bridgehead atoms. The third-order valence-corrected chi connectivity index (χ3v) is 3.17. The number of ether oxygens (including phenoxy) is 1. The molecule has 0 atom stereocenters. The summed E-state index contributed by atoms with van der Waals surface area (Å²) in [6.07, 6.45) is 4.82. The van der Waals surface area contributed by atoms with Crippen molar-refractivity contribution in [3.8, 4) is 5.75 Å². The molecule has 0 spiro atoms. The summed E-state index contributed by atoms with van der Waals surface area (Å²) in [5.41, 5.74) is 0. The molecule has 1 aromatic rings. The predicted octanol–water partition coefficient (Wildman–Crippen LogP) is 3.60. The van der Waals surface area contributed by atoms with Crippen LogP contribution in [0, 0.1) is 0 Å². The van der Waals surface area contributed by atoms with E-state index < -0.39 is 0 Å². The highest BCUT2D eigenvalue weighted by molar-refractivity contribution is 7.98. The van der Waals surface area contributed by atoms with Crippen LogP contribution in [-0.4, -0.2) is 12.4 Å². The lowest BCUT2D eigenvalue weighted by atomic mass is 10.3. The molecular weight excluding hydrogens is 204 g/mol. The van der Waals surface area contributed by atoms with E-state index in [9.17, 15) is 0 Å². The summed E-state index contributed by atoms with van der Waals surface area (Å²) in [4.78, 5) is 1.10. The number of thioether (sulfide) groups is 1. The maximum atomic E-state index is 6.03. The fourth-order valence-corrected chi connectivity index (χ4v) is 1.96. The van der Waals surface area contributed by atoms with E-state index in [0.717, 1.165) is 15.7 Å². The lowest BCUT2D eigenvalue weighted by Gasteiger charge is -2.06. The maximum Gasteiger partial charge on any atom is 0.121 e. The van der Waals surface area contributed by atoms with Crippen molar-refractivity contribution in [1.82, 2.24) is 0 Å². The summed E-state index contributed by atoms with van der Waals surface area (Å²) in [6, 6.07) is 5.88. The summed E-state index contributed by atoms with van der Waals surface area (Å²) in [6.45, 7) is 0. The Morgan fingerprint density at radius 2 is 2.23 bits per heavy atom. The van der Waals surface area contributed by atoms with E-state index in [2.05, 4.69) is 0 Å². The van der Waals surface area contributed by atoms with Gasteiger partial charge in [0, 0.05) is 4.90 Å². The van der Waals surface area contributed by atoms with Crippen LogP contribution in [-0.2, 0) is 0 Å². The Balaban J connectivity index is 2.13. The van der Waals surface area contributed by atoms with Crippen LogP contribution < -0.4 is 4.74 Å². The van der Waals surface area contributed by atoms with E-state index in [1.807, 2.05) is 24.5 Å². The van der Waals surface area contributed by atoms with Gasteiger partial charge in [-0.15, -0.1) is 11.8 Å². The number of rotatable bonds is 3. The molecule has 1 nitrogen and oxygen atoms in total. The lowest BCUT2D eigenvalue weighted by molar-refractivity contribution is 0.303. The zero-order chi connectivity index (χ0) is 9.26. The first kappa shape index (κ1) is 9.22. The molecule has 1 aliphatic carbocycles. The summed E-state index contributed by atoms with van der Waals surface area (Å²) < 4.78 is 5.61. The molecule has 0 radical (unpaired) electrons. The monoisotopic (exact) mass is 214 g/mol. The summed E-state index contributed by atoms with van der Waals surface area (Å²) >= 11 is 7.68. The fourth-order valence-electron chi connectivity index (χ4n) is 1.10. The molecule has 0 saturated heterocycles. The first-order valence-electron chi connectivity index (χ1n) is 4.30. The van der Waals surface area contributed by atoms with Gasteiger partial charge in [0.1, 0.15) is 5.75 Å². The second kappa shape index (κ2) is 3.81. The van der Waals surface area contributed by atoms with Crippen molar-refractivity contribution in [3.63, 3.8) is 0 Å². The summed E-state index contributed by atoms with van der Waals surface area (Å²) in [5, 5.41) is 0.783. The van der Waals surface area contributed by atoms with E-state index in [4.69, 9.17) is 16.3 Å². The molecule has 1 aliphatic rings. The topological polar surface area (TPSA) is 9.23 Å².